The van der Waals surface area contributed by atoms with Crippen LogP contribution in [0.3, 0.4) is 0 Å². The van der Waals surface area contributed by atoms with Crippen molar-refractivity contribution >= 4 is 22.9 Å². The van der Waals surface area contributed by atoms with E-state index >= 15 is 0 Å². The molecule has 4 heteroatoms. The van der Waals surface area contributed by atoms with Crippen molar-refractivity contribution < 1.29 is 5.11 Å². The van der Waals surface area contributed by atoms with Gasteiger partial charge >= 0.3 is 0 Å². The number of halogens is 1. The van der Waals surface area contributed by atoms with Crippen LogP contribution in [0.15, 0.2) is 11.4 Å². The van der Waals surface area contributed by atoms with Gasteiger partial charge in [-0.15, -0.1) is 11.3 Å². The average Bonchev–Trinajstić information content (AvgIpc) is 2.53. The topological polar surface area (TPSA) is 44.0 Å². The molecule has 0 radical (unpaired) electrons. The van der Waals surface area contributed by atoms with Crippen LogP contribution in [-0.2, 0) is 0 Å². The minimum absolute atomic E-state index is 0.368. The molecule has 2 unspecified atom stereocenters. The minimum atomic E-state index is -0.756. The Hall–Kier alpha value is -0.560. The molecule has 0 spiro atoms. The molecule has 1 heterocycles. The molecule has 1 aromatic rings. The first-order chi connectivity index (χ1) is 6.20. The maximum Gasteiger partial charge on any atom is 0.0986 e. The number of hydrogen-bond acceptors (Lipinski definition) is 3. The third-order valence-electron chi connectivity index (χ3n) is 1.95. The van der Waals surface area contributed by atoms with E-state index < -0.39 is 6.10 Å². The number of nitriles is 1. The van der Waals surface area contributed by atoms with Gasteiger partial charge in [0.1, 0.15) is 0 Å². The zero-order valence-corrected chi connectivity index (χ0v) is 8.77. The molecular weight excluding hydrogens is 206 g/mol. The summed E-state index contributed by atoms with van der Waals surface area (Å²) in [5.41, 5.74) is 0.667. The summed E-state index contributed by atoms with van der Waals surface area (Å²) in [4.78, 5) is 0. The van der Waals surface area contributed by atoms with Crippen molar-refractivity contribution in [3.05, 3.63) is 21.3 Å². The molecule has 0 amide bonds. The first kappa shape index (κ1) is 10.5. The highest BCUT2D eigenvalue weighted by atomic mass is 35.5. The van der Waals surface area contributed by atoms with E-state index in [-0.39, 0.29) is 5.92 Å². The SMILES string of the molecule is CCC(C#N)C(O)c1ccsc1Cl. The Balaban J connectivity index is 2.85. The lowest BCUT2D eigenvalue weighted by Gasteiger charge is -2.13. The van der Waals surface area contributed by atoms with E-state index in [2.05, 4.69) is 6.07 Å². The van der Waals surface area contributed by atoms with Crippen molar-refractivity contribution in [1.82, 2.24) is 0 Å². The molecule has 1 N–H and O–H groups in total. The Morgan fingerprint density at radius 2 is 2.46 bits per heavy atom. The summed E-state index contributed by atoms with van der Waals surface area (Å²) in [6.07, 6.45) is -0.127. The maximum absolute atomic E-state index is 9.75. The molecule has 0 aliphatic carbocycles. The summed E-state index contributed by atoms with van der Waals surface area (Å²) in [7, 11) is 0. The van der Waals surface area contributed by atoms with Crippen LogP contribution in [0.2, 0.25) is 4.34 Å². The largest absolute Gasteiger partial charge is 0.387 e. The number of rotatable bonds is 3. The fraction of sp³-hybridized carbons (Fsp3) is 0.444. The molecule has 0 aliphatic heterocycles. The molecule has 0 saturated carbocycles. The van der Waals surface area contributed by atoms with Crippen LogP contribution < -0.4 is 0 Å². The van der Waals surface area contributed by atoms with Crippen molar-refractivity contribution in [2.45, 2.75) is 19.4 Å². The molecule has 1 rings (SSSR count). The second kappa shape index (κ2) is 4.61. The number of aliphatic hydroxyl groups is 1. The van der Waals surface area contributed by atoms with Gasteiger partial charge in [0.25, 0.3) is 0 Å². The molecule has 70 valence electrons. The van der Waals surface area contributed by atoms with Gasteiger partial charge in [0.2, 0.25) is 0 Å². The van der Waals surface area contributed by atoms with E-state index in [0.717, 1.165) is 0 Å². The van der Waals surface area contributed by atoms with Crippen molar-refractivity contribution in [1.29, 1.82) is 5.26 Å². The molecule has 0 aromatic carbocycles. The predicted molar refractivity (Wildman–Crippen MR) is 53.7 cm³/mol. The van der Waals surface area contributed by atoms with Gasteiger partial charge in [0.05, 0.1) is 22.4 Å². The third kappa shape index (κ3) is 2.22. The van der Waals surface area contributed by atoms with Gasteiger partial charge in [-0.05, 0) is 17.9 Å². The summed E-state index contributed by atoms with van der Waals surface area (Å²) >= 11 is 7.21. The van der Waals surface area contributed by atoms with Crippen LogP contribution in [0, 0.1) is 17.2 Å². The van der Waals surface area contributed by atoms with Crippen molar-refractivity contribution in [3.63, 3.8) is 0 Å². The molecule has 0 fully saturated rings. The fourth-order valence-corrected chi connectivity index (χ4v) is 2.11. The van der Waals surface area contributed by atoms with Gasteiger partial charge < -0.3 is 5.11 Å². The second-order valence-electron chi connectivity index (χ2n) is 2.74. The van der Waals surface area contributed by atoms with Gasteiger partial charge in [-0.3, -0.25) is 0 Å². The monoisotopic (exact) mass is 215 g/mol. The normalized spacial score (nSPS) is 14.9. The maximum atomic E-state index is 9.75. The minimum Gasteiger partial charge on any atom is -0.387 e. The first-order valence-corrected chi connectivity index (χ1v) is 5.27. The van der Waals surface area contributed by atoms with Gasteiger partial charge in [0, 0.05) is 5.56 Å². The van der Waals surface area contributed by atoms with Gasteiger partial charge in [-0.1, -0.05) is 18.5 Å². The van der Waals surface area contributed by atoms with Gasteiger partial charge in [-0.25, -0.2) is 0 Å². The van der Waals surface area contributed by atoms with Crippen LogP contribution >= 0.6 is 22.9 Å². The molecule has 0 saturated heterocycles. The van der Waals surface area contributed by atoms with Crippen molar-refractivity contribution in [3.8, 4) is 6.07 Å². The molecule has 2 atom stereocenters. The molecule has 0 aliphatic rings. The lowest BCUT2D eigenvalue weighted by atomic mass is 9.97. The van der Waals surface area contributed by atoms with E-state index in [1.54, 1.807) is 6.07 Å². The Kier molecular flexibility index (Phi) is 3.73. The van der Waals surface area contributed by atoms with Crippen molar-refractivity contribution in [2.24, 2.45) is 5.92 Å². The zero-order valence-electron chi connectivity index (χ0n) is 7.20. The van der Waals surface area contributed by atoms with Crippen molar-refractivity contribution in [2.75, 3.05) is 0 Å². The summed E-state index contributed by atoms with van der Waals surface area (Å²) in [5, 5.41) is 20.3. The number of hydrogen-bond donors (Lipinski definition) is 1. The summed E-state index contributed by atoms with van der Waals surface area (Å²) in [6, 6.07) is 3.82. The van der Waals surface area contributed by atoms with E-state index in [1.807, 2.05) is 12.3 Å². The Labute approximate surface area is 86.4 Å². The number of nitrogens with zero attached hydrogens (tertiary/aromatic N) is 1. The van der Waals surface area contributed by atoms with Crippen LogP contribution in [0.5, 0.6) is 0 Å². The van der Waals surface area contributed by atoms with E-state index in [9.17, 15) is 5.11 Å². The predicted octanol–water partition coefficient (Wildman–Crippen LogP) is 2.98. The Bertz CT molecular complexity index is 318. The van der Waals surface area contributed by atoms with Crippen LogP contribution in [0.4, 0.5) is 0 Å². The number of aliphatic hydroxyl groups excluding tert-OH is 1. The number of thiophene rings is 1. The van der Waals surface area contributed by atoms with E-state index in [1.165, 1.54) is 11.3 Å². The molecular formula is C9H10ClNOS. The molecule has 2 nitrogen and oxygen atoms in total. The standard InChI is InChI=1S/C9H10ClNOS/c1-2-6(5-11)8(12)7-3-4-13-9(7)10/h3-4,6,8,12H,2H2,1H3. The van der Waals surface area contributed by atoms with Crippen LogP contribution in [0.1, 0.15) is 25.0 Å². The summed E-state index contributed by atoms with van der Waals surface area (Å²) < 4.78 is 0.571. The highest BCUT2D eigenvalue weighted by Crippen LogP contribution is 2.33. The van der Waals surface area contributed by atoms with Crippen LogP contribution in [0.25, 0.3) is 0 Å². The second-order valence-corrected chi connectivity index (χ2v) is 4.26. The Morgan fingerprint density at radius 1 is 1.77 bits per heavy atom. The van der Waals surface area contributed by atoms with Crippen LogP contribution in [-0.4, -0.2) is 5.11 Å². The summed E-state index contributed by atoms with van der Waals surface area (Å²) in [6.45, 7) is 1.87. The zero-order chi connectivity index (χ0) is 9.84. The van der Waals surface area contributed by atoms with E-state index in [4.69, 9.17) is 16.9 Å². The lowest BCUT2D eigenvalue weighted by molar-refractivity contribution is 0.133. The van der Waals surface area contributed by atoms with E-state index in [0.29, 0.717) is 16.3 Å². The quantitative estimate of drug-likeness (QED) is 0.843. The molecule has 13 heavy (non-hydrogen) atoms. The summed E-state index contributed by atoms with van der Waals surface area (Å²) in [5.74, 6) is -0.368. The van der Waals surface area contributed by atoms with Gasteiger partial charge in [-0.2, -0.15) is 5.26 Å². The highest BCUT2D eigenvalue weighted by Gasteiger charge is 2.21. The Morgan fingerprint density at radius 3 is 2.85 bits per heavy atom. The lowest BCUT2D eigenvalue weighted by Crippen LogP contribution is -2.09. The fourth-order valence-electron chi connectivity index (χ4n) is 1.12. The highest BCUT2D eigenvalue weighted by molar-refractivity contribution is 7.14. The first-order valence-electron chi connectivity index (χ1n) is 4.01. The average molecular weight is 216 g/mol. The van der Waals surface area contributed by atoms with Gasteiger partial charge in [0.15, 0.2) is 0 Å². The third-order valence-corrected chi connectivity index (χ3v) is 3.15. The molecule has 1 aromatic heterocycles. The molecule has 0 bridgehead atoms. The smallest absolute Gasteiger partial charge is 0.0986 e.